The monoisotopic (exact) mass is 458 g/mol. The van der Waals surface area contributed by atoms with Crippen molar-refractivity contribution in [1.29, 1.82) is 0 Å². The van der Waals surface area contributed by atoms with E-state index in [2.05, 4.69) is 32.7 Å². The van der Waals surface area contributed by atoms with Crippen molar-refractivity contribution in [2.75, 3.05) is 31.6 Å². The number of hydrogen-bond donors (Lipinski definition) is 1. The fourth-order valence-corrected chi connectivity index (χ4v) is 5.92. The first-order chi connectivity index (χ1) is 13.6. The third-order valence-electron chi connectivity index (χ3n) is 7.24. The van der Waals surface area contributed by atoms with Crippen LogP contribution in [0.25, 0.3) is 0 Å². The summed E-state index contributed by atoms with van der Waals surface area (Å²) >= 11 is 3.37. The Labute approximate surface area is 179 Å². The van der Waals surface area contributed by atoms with E-state index >= 15 is 0 Å². The number of ether oxygens (including phenoxy) is 1. The van der Waals surface area contributed by atoms with Crippen molar-refractivity contribution >= 4 is 21.8 Å². The Bertz CT molecular complexity index is 476. The normalized spacial score (nSPS) is 33.0. The lowest BCUT2D eigenvalue weighted by molar-refractivity contribution is -0.139. The molecule has 162 valence electrons. The number of carbonyl (C=O) groups is 1. The summed E-state index contributed by atoms with van der Waals surface area (Å²) in [6, 6.07) is 1.01. The van der Waals surface area contributed by atoms with Crippen molar-refractivity contribution in [3.63, 3.8) is 0 Å². The Balaban J connectivity index is 1.51. The molecule has 5 nitrogen and oxygen atoms in total. The zero-order chi connectivity index (χ0) is 19.9. The minimum absolute atomic E-state index is 0.0179. The van der Waals surface area contributed by atoms with Crippen LogP contribution in [0.3, 0.4) is 0 Å². The molecule has 0 aromatic carbocycles. The lowest BCUT2D eigenvalue weighted by Gasteiger charge is -2.47. The summed E-state index contributed by atoms with van der Waals surface area (Å²) < 4.78 is 5.62. The summed E-state index contributed by atoms with van der Waals surface area (Å²) in [5.41, 5.74) is 0. The molecule has 1 N–H and O–H groups in total. The standard InChI is InChI=1S/C22H39BrN2O3/c1-2-28-16-17-7-9-18(10-8-17)24-13-11-19(12-14-24)25(22(27)15-23)20-5-3-4-6-21(20)26/h17-21,26H,2-16H2,1H3. The maximum absolute atomic E-state index is 12.7. The number of nitrogens with zero attached hydrogens (tertiary/aromatic N) is 2. The molecule has 2 atom stereocenters. The zero-order valence-electron chi connectivity index (χ0n) is 17.5. The van der Waals surface area contributed by atoms with Crippen LogP contribution in [-0.4, -0.2) is 76.7 Å². The van der Waals surface area contributed by atoms with Crippen LogP contribution < -0.4 is 0 Å². The highest BCUT2D eigenvalue weighted by molar-refractivity contribution is 9.09. The van der Waals surface area contributed by atoms with Crippen molar-refractivity contribution in [2.45, 2.75) is 95.4 Å². The van der Waals surface area contributed by atoms with Gasteiger partial charge in [-0.3, -0.25) is 4.79 Å². The summed E-state index contributed by atoms with van der Waals surface area (Å²) in [5.74, 6) is 0.898. The van der Waals surface area contributed by atoms with Gasteiger partial charge in [0.25, 0.3) is 0 Å². The average Bonchev–Trinajstić information content (AvgIpc) is 2.74. The molecule has 1 saturated heterocycles. The second-order valence-electron chi connectivity index (χ2n) is 8.95. The van der Waals surface area contributed by atoms with E-state index in [4.69, 9.17) is 4.74 Å². The molecular formula is C22H39BrN2O3. The van der Waals surface area contributed by atoms with Gasteiger partial charge in [0.2, 0.25) is 5.91 Å². The Morgan fingerprint density at radius 3 is 2.36 bits per heavy atom. The highest BCUT2D eigenvalue weighted by atomic mass is 79.9. The first kappa shape index (κ1) is 22.5. The van der Waals surface area contributed by atoms with Crippen LogP contribution in [0.15, 0.2) is 0 Å². The number of aliphatic hydroxyl groups is 1. The van der Waals surface area contributed by atoms with Gasteiger partial charge in [-0.25, -0.2) is 0 Å². The van der Waals surface area contributed by atoms with Gasteiger partial charge in [-0.15, -0.1) is 0 Å². The highest BCUT2D eigenvalue weighted by Crippen LogP contribution is 2.32. The van der Waals surface area contributed by atoms with E-state index in [1.54, 1.807) is 0 Å². The van der Waals surface area contributed by atoms with E-state index in [0.717, 1.165) is 70.7 Å². The third-order valence-corrected chi connectivity index (χ3v) is 7.72. The molecule has 6 heteroatoms. The lowest BCUT2D eigenvalue weighted by Crippen LogP contribution is -2.57. The molecule has 1 heterocycles. The molecule has 3 aliphatic rings. The van der Waals surface area contributed by atoms with Crippen LogP contribution in [0.2, 0.25) is 0 Å². The molecule has 0 aromatic heterocycles. The van der Waals surface area contributed by atoms with Gasteiger partial charge in [-0.2, -0.15) is 0 Å². The summed E-state index contributed by atoms with van der Waals surface area (Å²) in [4.78, 5) is 17.4. The molecule has 0 bridgehead atoms. The second-order valence-corrected chi connectivity index (χ2v) is 9.52. The maximum atomic E-state index is 12.7. The van der Waals surface area contributed by atoms with Crippen LogP contribution in [0.4, 0.5) is 0 Å². The summed E-state index contributed by atoms with van der Waals surface area (Å²) in [6.07, 6.45) is 10.9. The first-order valence-corrected chi connectivity index (χ1v) is 12.6. The molecule has 0 radical (unpaired) electrons. The molecule has 1 aliphatic heterocycles. The number of likely N-dealkylation sites (tertiary alicyclic amines) is 1. The molecule has 2 aliphatic carbocycles. The van der Waals surface area contributed by atoms with E-state index in [1.807, 2.05) is 0 Å². The zero-order valence-corrected chi connectivity index (χ0v) is 19.1. The van der Waals surface area contributed by atoms with Gasteiger partial charge in [0.05, 0.1) is 17.5 Å². The first-order valence-electron chi connectivity index (χ1n) is 11.5. The minimum Gasteiger partial charge on any atom is -0.391 e. The summed E-state index contributed by atoms with van der Waals surface area (Å²) in [5, 5.41) is 10.9. The Kier molecular flexibility index (Phi) is 9.07. The quantitative estimate of drug-likeness (QED) is 0.592. The SMILES string of the molecule is CCOCC1CCC(N2CCC(N(C(=O)CBr)C3CCCCC3O)CC2)CC1. The van der Waals surface area contributed by atoms with Crippen molar-refractivity contribution in [3.8, 4) is 0 Å². The summed E-state index contributed by atoms with van der Waals surface area (Å²) in [6.45, 7) is 6.00. The number of hydrogen-bond acceptors (Lipinski definition) is 4. The molecule has 0 aromatic rings. The number of aliphatic hydroxyl groups excluding tert-OH is 1. The van der Waals surface area contributed by atoms with E-state index < -0.39 is 0 Å². The van der Waals surface area contributed by atoms with Gasteiger partial charge in [0.1, 0.15) is 0 Å². The average molecular weight is 459 g/mol. The number of carbonyl (C=O) groups excluding carboxylic acids is 1. The number of alkyl halides is 1. The Morgan fingerprint density at radius 1 is 1.07 bits per heavy atom. The minimum atomic E-state index is -0.351. The van der Waals surface area contributed by atoms with E-state index in [0.29, 0.717) is 11.4 Å². The third kappa shape index (κ3) is 5.71. The molecule has 3 fully saturated rings. The van der Waals surface area contributed by atoms with Gasteiger partial charge in [-0.05, 0) is 64.2 Å². The maximum Gasteiger partial charge on any atom is 0.233 e. The van der Waals surface area contributed by atoms with E-state index in [-0.39, 0.29) is 24.1 Å². The molecule has 3 rings (SSSR count). The van der Waals surface area contributed by atoms with Crippen molar-refractivity contribution in [3.05, 3.63) is 0 Å². The Morgan fingerprint density at radius 2 is 1.75 bits per heavy atom. The fourth-order valence-electron chi connectivity index (χ4n) is 5.63. The van der Waals surface area contributed by atoms with Gasteiger partial charge in [0, 0.05) is 38.4 Å². The van der Waals surface area contributed by atoms with Crippen LogP contribution in [0.1, 0.15) is 71.1 Å². The van der Waals surface area contributed by atoms with Gasteiger partial charge in [0.15, 0.2) is 0 Å². The topological polar surface area (TPSA) is 53.0 Å². The van der Waals surface area contributed by atoms with E-state index in [1.165, 1.54) is 25.7 Å². The molecule has 28 heavy (non-hydrogen) atoms. The lowest BCUT2D eigenvalue weighted by atomic mass is 9.84. The van der Waals surface area contributed by atoms with Gasteiger partial charge >= 0.3 is 0 Å². The van der Waals surface area contributed by atoms with Crippen LogP contribution in [0.5, 0.6) is 0 Å². The summed E-state index contributed by atoms with van der Waals surface area (Å²) in [7, 11) is 0. The largest absolute Gasteiger partial charge is 0.391 e. The van der Waals surface area contributed by atoms with Crippen LogP contribution in [-0.2, 0) is 9.53 Å². The Hall–Kier alpha value is -0.170. The predicted molar refractivity (Wildman–Crippen MR) is 116 cm³/mol. The second kappa shape index (κ2) is 11.3. The molecule has 1 amide bonds. The van der Waals surface area contributed by atoms with Gasteiger partial charge in [-0.1, -0.05) is 28.8 Å². The highest BCUT2D eigenvalue weighted by Gasteiger charge is 2.38. The van der Waals surface area contributed by atoms with Crippen LogP contribution in [0, 0.1) is 5.92 Å². The number of piperidine rings is 1. The van der Waals surface area contributed by atoms with Gasteiger partial charge < -0.3 is 19.6 Å². The van der Waals surface area contributed by atoms with Crippen LogP contribution >= 0.6 is 15.9 Å². The predicted octanol–water partition coefficient (Wildman–Crippen LogP) is 3.57. The smallest absolute Gasteiger partial charge is 0.233 e. The van der Waals surface area contributed by atoms with Crippen molar-refractivity contribution in [2.24, 2.45) is 5.92 Å². The van der Waals surface area contributed by atoms with Crippen molar-refractivity contribution in [1.82, 2.24) is 9.80 Å². The van der Waals surface area contributed by atoms with Crippen molar-refractivity contribution < 1.29 is 14.6 Å². The van der Waals surface area contributed by atoms with E-state index in [9.17, 15) is 9.90 Å². The molecule has 2 unspecified atom stereocenters. The fraction of sp³-hybridized carbons (Fsp3) is 0.955. The molecule has 2 saturated carbocycles. The number of rotatable bonds is 7. The number of halogens is 1. The molecule has 0 spiro atoms. The molecular weight excluding hydrogens is 420 g/mol. The number of amides is 1.